The van der Waals surface area contributed by atoms with E-state index in [1.54, 1.807) is 24.3 Å². The van der Waals surface area contributed by atoms with Gasteiger partial charge in [0.2, 0.25) is 16.2 Å². The normalized spacial score (nSPS) is 13.8. The number of amides is 1. The average molecular weight is 402 g/mol. The number of aryl methyl sites for hydroxylation is 1. The van der Waals surface area contributed by atoms with Gasteiger partial charge in [-0.05, 0) is 46.6 Å². The summed E-state index contributed by atoms with van der Waals surface area (Å²) >= 11 is 0. The minimum atomic E-state index is -3.80. The van der Waals surface area contributed by atoms with Gasteiger partial charge in [0.15, 0.2) is 5.37 Å². The first-order valence-corrected chi connectivity index (χ1v) is 11.0. The van der Waals surface area contributed by atoms with Crippen LogP contribution in [0, 0.1) is 6.92 Å². The van der Waals surface area contributed by atoms with Crippen molar-refractivity contribution in [3.63, 3.8) is 0 Å². The Bertz CT molecular complexity index is 915. The van der Waals surface area contributed by atoms with Crippen LogP contribution in [0.15, 0.2) is 47.4 Å². The van der Waals surface area contributed by atoms with Crippen LogP contribution in [-0.4, -0.2) is 14.8 Å². The van der Waals surface area contributed by atoms with Gasteiger partial charge in [-0.3, -0.25) is 4.79 Å². The Morgan fingerprint density at radius 1 is 0.857 bits per heavy atom. The minimum Gasteiger partial charge on any atom is -0.338 e. The summed E-state index contributed by atoms with van der Waals surface area (Å²) in [5.74, 6) is 0. The van der Waals surface area contributed by atoms with Crippen LogP contribution in [0.2, 0.25) is 0 Å². The number of carbonyl (C=O) groups is 1. The molecule has 0 saturated heterocycles. The van der Waals surface area contributed by atoms with Gasteiger partial charge in [-0.1, -0.05) is 77.4 Å². The molecule has 1 N–H and O–H groups in total. The molecule has 5 heteroatoms. The van der Waals surface area contributed by atoms with Gasteiger partial charge in [-0.15, -0.1) is 0 Å². The van der Waals surface area contributed by atoms with Crippen molar-refractivity contribution in [3.8, 4) is 0 Å². The van der Waals surface area contributed by atoms with Crippen LogP contribution >= 0.6 is 0 Å². The van der Waals surface area contributed by atoms with Crippen LogP contribution in [0.5, 0.6) is 0 Å². The first-order chi connectivity index (χ1) is 12.8. The molecule has 0 aliphatic rings. The molecule has 1 amide bonds. The predicted octanol–water partition coefficient (Wildman–Crippen LogP) is 4.81. The van der Waals surface area contributed by atoms with E-state index in [9.17, 15) is 13.2 Å². The lowest BCUT2D eigenvalue weighted by Gasteiger charge is -2.28. The monoisotopic (exact) mass is 401 g/mol. The van der Waals surface area contributed by atoms with E-state index in [4.69, 9.17) is 0 Å². The fourth-order valence-electron chi connectivity index (χ4n) is 2.96. The molecule has 1 unspecified atom stereocenters. The number of hydrogen-bond acceptors (Lipinski definition) is 3. The van der Waals surface area contributed by atoms with Gasteiger partial charge in [0.1, 0.15) is 0 Å². The zero-order valence-electron chi connectivity index (χ0n) is 17.8. The van der Waals surface area contributed by atoms with Crippen molar-refractivity contribution in [2.24, 2.45) is 0 Å². The zero-order valence-corrected chi connectivity index (χ0v) is 18.6. The van der Waals surface area contributed by atoms with E-state index >= 15 is 0 Å². The first kappa shape index (κ1) is 22.2. The van der Waals surface area contributed by atoms with Crippen LogP contribution in [-0.2, 0) is 25.5 Å². The lowest BCUT2D eigenvalue weighted by molar-refractivity contribution is -0.109. The van der Waals surface area contributed by atoms with Crippen LogP contribution in [0.3, 0.4) is 0 Å². The molecular formula is C23H31NO3S. The van der Waals surface area contributed by atoms with Crippen molar-refractivity contribution in [1.82, 2.24) is 5.32 Å². The molecule has 0 aliphatic carbocycles. The minimum absolute atomic E-state index is 0.157. The molecule has 0 heterocycles. The topological polar surface area (TPSA) is 63.2 Å². The summed E-state index contributed by atoms with van der Waals surface area (Å²) in [4.78, 5) is 11.5. The van der Waals surface area contributed by atoms with Crippen molar-refractivity contribution in [1.29, 1.82) is 0 Å². The largest absolute Gasteiger partial charge is 0.338 e. The van der Waals surface area contributed by atoms with E-state index in [0.717, 1.165) is 16.7 Å². The lowest BCUT2D eigenvalue weighted by Crippen LogP contribution is -2.29. The van der Waals surface area contributed by atoms with Gasteiger partial charge < -0.3 is 5.32 Å². The predicted molar refractivity (Wildman–Crippen MR) is 114 cm³/mol. The van der Waals surface area contributed by atoms with Crippen LogP contribution < -0.4 is 5.32 Å². The van der Waals surface area contributed by atoms with E-state index in [-0.39, 0.29) is 15.7 Å². The van der Waals surface area contributed by atoms with Gasteiger partial charge in [-0.25, -0.2) is 8.42 Å². The van der Waals surface area contributed by atoms with Crippen molar-refractivity contribution >= 4 is 16.2 Å². The number of nitrogens with one attached hydrogen (secondary N) is 1. The molecule has 4 nitrogen and oxygen atoms in total. The molecule has 0 fully saturated rings. The number of sulfone groups is 1. The maximum Gasteiger partial charge on any atom is 0.208 e. The molecule has 0 aromatic heterocycles. The van der Waals surface area contributed by atoms with Gasteiger partial charge in [0.25, 0.3) is 0 Å². The van der Waals surface area contributed by atoms with Gasteiger partial charge in [-0.2, -0.15) is 0 Å². The molecular weight excluding hydrogens is 370 g/mol. The fourth-order valence-corrected chi connectivity index (χ4v) is 4.48. The number of rotatable bonds is 5. The highest BCUT2D eigenvalue weighted by atomic mass is 32.2. The quantitative estimate of drug-likeness (QED) is 0.732. The Balaban J connectivity index is 2.71. The molecule has 0 bridgehead atoms. The summed E-state index contributed by atoms with van der Waals surface area (Å²) in [5.41, 5.74) is 3.30. The third-order valence-corrected chi connectivity index (χ3v) is 6.83. The fraction of sp³-hybridized carbons (Fsp3) is 0.435. The second-order valence-corrected chi connectivity index (χ2v) is 11.4. The van der Waals surface area contributed by atoms with Gasteiger partial charge >= 0.3 is 0 Å². The van der Waals surface area contributed by atoms with E-state index in [1.165, 1.54) is 0 Å². The highest BCUT2D eigenvalue weighted by Gasteiger charge is 2.31. The molecule has 28 heavy (non-hydrogen) atoms. The van der Waals surface area contributed by atoms with Crippen molar-refractivity contribution in [3.05, 3.63) is 64.7 Å². The summed E-state index contributed by atoms with van der Waals surface area (Å²) in [6, 6.07) is 12.6. The maximum absolute atomic E-state index is 13.3. The summed E-state index contributed by atoms with van der Waals surface area (Å²) in [6.07, 6.45) is 0.455. The summed E-state index contributed by atoms with van der Waals surface area (Å²) in [6.45, 7) is 14.5. The number of carbonyl (C=O) groups excluding carboxylic acids is 1. The highest BCUT2D eigenvalue weighted by molar-refractivity contribution is 7.91. The second-order valence-electron chi connectivity index (χ2n) is 9.37. The molecule has 0 spiro atoms. The summed E-state index contributed by atoms with van der Waals surface area (Å²) in [7, 11) is -3.80. The maximum atomic E-state index is 13.3. The molecule has 0 saturated carbocycles. The molecule has 2 aromatic carbocycles. The molecule has 2 rings (SSSR count). The number of benzene rings is 2. The average Bonchev–Trinajstić information content (AvgIpc) is 2.58. The molecule has 1 atom stereocenters. The Labute approximate surface area is 169 Å². The summed E-state index contributed by atoms with van der Waals surface area (Å²) < 4.78 is 26.7. The van der Waals surface area contributed by atoms with Gasteiger partial charge in [0.05, 0.1) is 4.90 Å². The van der Waals surface area contributed by atoms with E-state index in [1.807, 2.05) is 19.1 Å². The van der Waals surface area contributed by atoms with Crippen molar-refractivity contribution < 1.29 is 13.2 Å². The Morgan fingerprint density at radius 3 is 1.71 bits per heavy atom. The second kappa shape index (κ2) is 7.70. The Morgan fingerprint density at radius 2 is 1.32 bits per heavy atom. The third-order valence-electron chi connectivity index (χ3n) is 4.87. The number of hydrogen-bond donors (Lipinski definition) is 1. The lowest BCUT2D eigenvalue weighted by atomic mass is 9.79. The van der Waals surface area contributed by atoms with Crippen LogP contribution in [0.25, 0.3) is 0 Å². The molecule has 0 aliphatic heterocycles. The molecule has 2 aromatic rings. The third kappa shape index (κ3) is 4.82. The Hall–Kier alpha value is -2.14. The zero-order chi connectivity index (χ0) is 21.3. The first-order valence-electron chi connectivity index (χ1n) is 9.43. The highest BCUT2D eigenvalue weighted by Crippen LogP contribution is 2.35. The summed E-state index contributed by atoms with van der Waals surface area (Å²) in [5, 5.41) is 1.40. The smallest absolute Gasteiger partial charge is 0.208 e. The Kier molecular flexibility index (Phi) is 6.10. The van der Waals surface area contributed by atoms with Crippen molar-refractivity contribution in [2.75, 3.05) is 0 Å². The molecule has 152 valence electrons. The molecule has 0 radical (unpaired) electrons. The standard InChI is InChI=1S/C23H31NO3S/c1-16-8-10-20(11-9-16)28(26,27)21(24-15-25)17-12-18(22(2,3)4)14-19(13-17)23(5,6)7/h8-15,21H,1-7H3,(H,24,25). The SMILES string of the molecule is Cc1ccc(S(=O)(=O)C(NC=O)c2cc(C(C)(C)C)cc(C(C)(C)C)c2)cc1. The van der Waals surface area contributed by atoms with Crippen LogP contribution in [0.1, 0.15) is 69.2 Å². The van der Waals surface area contributed by atoms with E-state index < -0.39 is 15.2 Å². The van der Waals surface area contributed by atoms with E-state index in [0.29, 0.717) is 12.0 Å². The van der Waals surface area contributed by atoms with E-state index in [2.05, 4.69) is 52.9 Å². The van der Waals surface area contributed by atoms with Crippen molar-refractivity contribution in [2.45, 2.75) is 69.6 Å². The van der Waals surface area contributed by atoms with Crippen LogP contribution in [0.4, 0.5) is 0 Å². The van der Waals surface area contributed by atoms with Gasteiger partial charge in [0, 0.05) is 0 Å².